The zero-order valence-corrected chi connectivity index (χ0v) is 17.3. The number of para-hydroxylation sites is 1. The zero-order chi connectivity index (χ0) is 22.8. The highest BCUT2D eigenvalue weighted by Gasteiger charge is 2.17. The van der Waals surface area contributed by atoms with Crippen LogP contribution >= 0.6 is 0 Å². The van der Waals surface area contributed by atoms with Crippen molar-refractivity contribution in [1.29, 1.82) is 0 Å². The molecule has 3 aromatic carbocycles. The number of carboxylic acid groups (broad SMARTS) is 1. The first-order chi connectivity index (χ1) is 16.1. The van der Waals surface area contributed by atoms with Crippen LogP contribution < -0.4 is 16.0 Å². The number of fused-ring (bicyclic) bond motifs is 1. The number of aromatic carboxylic acids is 1. The molecule has 0 saturated heterocycles. The number of rotatable bonds is 6. The summed E-state index contributed by atoms with van der Waals surface area (Å²) in [4.78, 5) is 15.8. The van der Waals surface area contributed by atoms with Crippen LogP contribution in [0.15, 0.2) is 85.1 Å². The van der Waals surface area contributed by atoms with E-state index in [4.69, 9.17) is 15.7 Å². The van der Waals surface area contributed by atoms with E-state index in [0.29, 0.717) is 22.8 Å². The van der Waals surface area contributed by atoms with Gasteiger partial charge in [-0.1, -0.05) is 42.5 Å². The Labute approximate surface area is 188 Å². The minimum atomic E-state index is -0.981. The van der Waals surface area contributed by atoms with Gasteiger partial charge in [-0.25, -0.2) is 10.6 Å². The second-order valence-electron chi connectivity index (χ2n) is 7.31. The molecular formula is C25H19N5O3. The number of ether oxygens (including phenoxy) is 1. The summed E-state index contributed by atoms with van der Waals surface area (Å²) in [6.45, 7) is 0. The van der Waals surface area contributed by atoms with Crippen molar-refractivity contribution in [2.75, 3.05) is 5.43 Å². The number of anilines is 1. The highest BCUT2D eigenvalue weighted by atomic mass is 16.5. The molecule has 0 aliphatic heterocycles. The number of nitrogens with two attached hydrogens (primary N) is 1. The summed E-state index contributed by atoms with van der Waals surface area (Å²) in [5.74, 6) is 6.70. The lowest BCUT2D eigenvalue weighted by Gasteiger charge is -2.10. The molecule has 0 atom stereocenters. The fraction of sp³-hybridized carbons (Fsp3) is 0. The molecule has 8 heteroatoms. The Morgan fingerprint density at radius 1 is 0.909 bits per heavy atom. The summed E-state index contributed by atoms with van der Waals surface area (Å²) in [6, 6.07) is 23.8. The van der Waals surface area contributed by atoms with Crippen LogP contribution in [0.5, 0.6) is 11.5 Å². The van der Waals surface area contributed by atoms with Crippen LogP contribution in [0.25, 0.3) is 33.3 Å². The van der Waals surface area contributed by atoms with Crippen LogP contribution in [0.1, 0.15) is 10.4 Å². The predicted molar refractivity (Wildman–Crippen MR) is 126 cm³/mol. The lowest BCUT2D eigenvalue weighted by Crippen LogP contribution is -2.07. The van der Waals surface area contributed by atoms with Crippen molar-refractivity contribution in [3.8, 4) is 33.9 Å². The van der Waals surface area contributed by atoms with Gasteiger partial charge in [-0.15, -0.1) is 0 Å². The summed E-state index contributed by atoms with van der Waals surface area (Å²) in [7, 11) is 0. The summed E-state index contributed by atoms with van der Waals surface area (Å²) < 4.78 is 5.88. The molecule has 33 heavy (non-hydrogen) atoms. The number of hydrazine groups is 1. The quantitative estimate of drug-likeness (QED) is 0.216. The number of H-pyrrole nitrogens is 1. The van der Waals surface area contributed by atoms with Crippen molar-refractivity contribution in [3.05, 3.63) is 90.6 Å². The van der Waals surface area contributed by atoms with E-state index in [1.54, 1.807) is 30.5 Å². The van der Waals surface area contributed by atoms with Gasteiger partial charge in [0.1, 0.15) is 11.5 Å². The van der Waals surface area contributed by atoms with E-state index in [9.17, 15) is 4.79 Å². The fourth-order valence-electron chi connectivity index (χ4n) is 3.67. The van der Waals surface area contributed by atoms with Gasteiger partial charge in [0.2, 0.25) is 0 Å². The number of nitrogen functional groups attached to an aromatic ring is 1. The number of nitrogens with one attached hydrogen (secondary N) is 2. The Bertz CT molecular complexity index is 1430. The number of nitrogens with zero attached hydrogens (tertiary/aromatic N) is 2. The van der Waals surface area contributed by atoms with Crippen LogP contribution in [0.3, 0.4) is 0 Å². The number of carbonyl (C=O) groups is 1. The maximum Gasteiger partial charge on any atom is 0.335 e. The molecule has 0 unspecified atom stereocenters. The van der Waals surface area contributed by atoms with Gasteiger partial charge < -0.3 is 15.3 Å². The normalized spacial score (nSPS) is 10.8. The molecule has 0 radical (unpaired) electrons. The molecule has 8 nitrogen and oxygen atoms in total. The van der Waals surface area contributed by atoms with Crippen LogP contribution in [0, 0.1) is 0 Å². The van der Waals surface area contributed by atoms with Crippen LogP contribution in [0.2, 0.25) is 0 Å². The van der Waals surface area contributed by atoms with Crippen LogP contribution in [0.4, 0.5) is 5.82 Å². The Hall–Kier alpha value is -4.69. The highest BCUT2D eigenvalue weighted by molar-refractivity contribution is 6.07. The third kappa shape index (κ3) is 3.86. The number of hydrogen-bond acceptors (Lipinski definition) is 6. The first kappa shape index (κ1) is 20.2. The molecule has 0 spiro atoms. The molecule has 0 fully saturated rings. The molecule has 5 aromatic rings. The number of carboxylic acids is 1. The van der Waals surface area contributed by atoms with Gasteiger partial charge >= 0.3 is 5.97 Å². The first-order valence-corrected chi connectivity index (χ1v) is 10.1. The first-order valence-electron chi connectivity index (χ1n) is 10.1. The van der Waals surface area contributed by atoms with E-state index in [2.05, 4.69) is 20.6 Å². The maximum absolute atomic E-state index is 11.2. The second-order valence-corrected chi connectivity index (χ2v) is 7.31. The van der Waals surface area contributed by atoms with Crippen molar-refractivity contribution in [2.45, 2.75) is 0 Å². The average Bonchev–Trinajstić information content (AvgIpc) is 3.29. The van der Waals surface area contributed by atoms with Crippen molar-refractivity contribution >= 4 is 22.7 Å². The van der Waals surface area contributed by atoms with Gasteiger partial charge in [-0.3, -0.25) is 10.1 Å². The molecule has 0 aliphatic rings. The molecule has 2 heterocycles. The molecule has 2 aromatic heterocycles. The molecule has 5 N–H and O–H groups in total. The van der Waals surface area contributed by atoms with E-state index in [0.717, 1.165) is 27.8 Å². The number of hydrogen-bond donors (Lipinski definition) is 4. The third-order valence-corrected chi connectivity index (χ3v) is 5.28. The number of benzene rings is 3. The second kappa shape index (κ2) is 8.45. The Morgan fingerprint density at radius 3 is 2.24 bits per heavy atom. The number of aromatic amines is 1. The maximum atomic E-state index is 11.2. The lowest BCUT2D eigenvalue weighted by atomic mass is 10.00. The number of aromatic nitrogens is 3. The van der Waals surface area contributed by atoms with E-state index in [1.165, 1.54) is 0 Å². The van der Waals surface area contributed by atoms with Gasteiger partial charge in [0.25, 0.3) is 0 Å². The van der Waals surface area contributed by atoms with E-state index in [1.807, 2.05) is 54.6 Å². The van der Waals surface area contributed by atoms with Gasteiger partial charge in [-0.2, -0.15) is 5.10 Å². The van der Waals surface area contributed by atoms with Gasteiger partial charge in [0, 0.05) is 17.3 Å². The standard InChI is InChI=1S/C25H19N5O3/c26-28-24-21-20(15-10-12-19(13-11-15)33-18-4-2-1-3-5-18)14-27-22(23(21)29-30-24)16-6-8-17(9-7-16)25(31)32/h1-14H,26H2,(H,31,32)(H2,28,29,30). The van der Waals surface area contributed by atoms with Crippen molar-refractivity contribution in [1.82, 2.24) is 15.2 Å². The monoisotopic (exact) mass is 437 g/mol. The molecule has 162 valence electrons. The molecule has 5 rings (SSSR count). The Kier molecular flexibility index (Phi) is 5.18. The smallest absolute Gasteiger partial charge is 0.335 e. The SMILES string of the molecule is NNc1n[nH]c2c(-c3ccc(C(=O)O)cc3)ncc(-c3ccc(Oc4ccccc4)cc3)c12. The largest absolute Gasteiger partial charge is 0.478 e. The van der Waals surface area contributed by atoms with Crippen molar-refractivity contribution in [2.24, 2.45) is 5.84 Å². The zero-order valence-electron chi connectivity index (χ0n) is 17.3. The summed E-state index contributed by atoms with van der Waals surface area (Å²) in [6.07, 6.45) is 1.76. The fourth-order valence-corrected chi connectivity index (χ4v) is 3.67. The highest BCUT2D eigenvalue weighted by Crippen LogP contribution is 2.37. The molecular weight excluding hydrogens is 418 g/mol. The molecule has 0 aliphatic carbocycles. The van der Waals surface area contributed by atoms with E-state index >= 15 is 0 Å². The molecule has 0 amide bonds. The van der Waals surface area contributed by atoms with E-state index in [-0.39, 0.29) is 5.56 Å². The minimum absolute atomic E-state index is 0.207. The van der Waals surface area contributed by atoms with Crippen LogP contribution in [-0.2, 0) is 0 Å². The number of pyridine rings is 1. The predicted octanol–water partition coefficient (Wildman–Crippen LogP) is 5.07. The molecule has 0 saturated carbocycles. The summed E-state index contributed by atoms with van der Waals surface area (Å²) >= 11 is 0. The van der Waals surface area contributed by atoms with Gasteiger partial charge in [0.05, 0.1) is 22.2 Å². The lowest BCUT2D eigenvalue weighted by molar-refractivity contribution is 0.0697. The van der Waals surface area contributed by atoms with Gasteiger partial charge in [0.15, 0.2) is 5.82 Å². The third-order valence-electron chi connectivity index (χ3n) is 5.28. The topological polar surface area (TPSA) is 126 Å². The summed E-state index contributed by atoms with van der Waals surface area (Å²) in [5, 5.41) is 17.2. The summed E-state index contributed by atoms with van der Waals surface area (Å²) in [5.41, 5.74) is 6.68. The van der Waals surface area contributed by atoms with Crippen molar-refractivity contribution < 1.29 is 14.6 Å². The Balaban J connectivity index is 1.54. The van der Waals surface area contributed by atoms with E-state index < -0.39 is 5.97 Å². The van der Waals surface area contributed by atoms with Crippen LogP contribution in [-0.4, -0.2) is 26.3 Å². The molecule has 0 bridgehead atoms. The Morgan fingerprint density at radius 2 is 1.58 bits per heavy atom. The minimum Gasteiger partial charge on any atom is -0.478 e. The average molecular weight is 437 g/mol. The van der Waals surface area contributed by atoms with Crippen molar-refractivity contribution in [3.63, 3.8) is 0 Å². The van der Waals surface area contributed by atoms with Gasteiger partial charge in [-0.05, 0) is 42.0 Å².